The smallest absolute Gasteiger partial charge is 0.148 e. The van der Waals surface area contributed by atoms with Crippen molar-refractivity contribution in [3.8, 4) is 10.6 Å². The topological polar surface area (TPSA) is 63.8 Å². The standard InChI is InChI=1S/C11H13BrN4S/c1-7(5-13)14-11-3-2-9(15-16-11)10-4-8(12)6-17-10/h2-4,6-7H,5,13H2,1H3,(H,14,16). The Labute approximate surface area is 112 Å². The molecule has 0 aliphatic rings. The number of aromatic nitrogens is 2. The molecule has 2 aromatic rings. The molecule has 0 bridgehead atoms. The van der Waals surface area contributed by atoms with Crippen LogP contribution in [0, 0.1) is 0 Å². The second-order valence-electron chi connectivity index (χ2n) is 3.71. The van der Waals surface area contributed by atoms with Gasteiger partial charge in [-0.2, -0.15) is 0 Å². The molecule has 1 atom stereocenters. The number of anilines is 1. The zero-order chi connectivity index (χ0) is 12.3. The lowest BCUT2D eigenvalue weighted by Gasteiger charge is -2.10. The number of thiophene rings is 1. The maximum Gasteiger partial charge on any atom is 0.148 e. The van der Waals surface area contributed by atoms with Crippen LogP contribution in [-0.4, -0.2) is 22.8 Å². The van der Waals surface area contributed by atoms with Crippen molar-refractivity contribution >= 4 is 33.1 Å². The summed E-state index contributed by atoms with van der Waals surface area (Å²) in [6.45, 7) is 2.58. The van der Waals surface area contributed by atoms with Gasteiger partial charge in [-0.25, -0.2) is 0 Å². The molecule has 17 heavy (non-hydrogen) atoms. The van der Waals surface area contributed by atoms with E-state index in [-0.39, 0.29) is 6.04 Å². The maximum atomic E-state index is 5.53. The third-order valence-electron chi connectivity index (χ3n) is 2.23. The predicted octanol–water partition coefficient (Wildman–Crippen LogP) is 2.73. The normalized spacial score (nSPS) is 12.4. The van der Waals surface area contributed by atoms with E-state index in [1.165, 1.54) is 0 Å². The van der Waals surface area contributed by atoms with Crippen LogP contribution in [0.5, 0.6) is 0 Å². The van der Waals surface area contributed by atoms with Crippen LogP contribution in [0.15, 0.2) is 28.1 Å². The van der Waals surface area contributed by atoms with Gasteiger partial charge in [0.1, 0.15) is 11.5 Å². The van der Waals surface area contributed by atoms with Gasteiger partial charge < -0.3 is 11.1 Å². The average molecular weight is 313 g/mol. The number of nitrogens with two attached hydrogens (primary N) is 1. The molecule has 6 heteroatoms. The van der Waals surface area contributed by atoms with Crippen molar-refractivity contribution in [2.45, 2.75) is 13.0 Å². The SMILES string of the molecule is CC(CN)Nc1ccc(-c2cc(Br)cs2)nn1. The predicted molar refractivity (Wildman–Crippen MR) is 75.2 cm³/mol. The first kappa shape index (κ1) is 12.5. The summed E-state index contributed by atoms with van der Waals surface area (Å²) in [4.78, 5) is 1.10. The third kappa shape index (κ3) is 3.24. The number of hydrogen-bond acceptors (Lipinski definition) is 5. The fourth-order valence-electron chi connectivity index (χ4n) is 1.30. The van der Waals surface area contributed by atoms with Crippen LogP contribution in [0.1, 0.15) is 6.92 Å². The summed E-state index contributed by atoms with van der Waals surface area (Å²) >= 11 is 5.06. The van der Waals surface area contributed by atoms with Gasteiger partial charge in [0.25, 0.3) is 0 Å². The lowest BCUT2D eigenvalue weighted by atomic mass is 10.3. The van der Waals surface area contributed by atoms with Gasteiger partial charge in [-0.1, -0.05) is 0 Å². The van der Waals surface area contributed by atoms with Crippen molar-refractivity contribution in [1.82, 2.24) is 10.2 Å². The second kappa shape index (κ2) is 5.57. The molecule has 2 heterocycles. The number of nitrogens with one attached hydrogen (secondary N) is 1. The van der Waals surface area contributed by atoms with Gasteiger partial charge >= 0.3 is 0 Å². The second-order valence-corrected chi connectivity index (χ2v) is 5.54. The molecule has 0 aliphatic heterocycles. The summed E-state index contributed by atoms with van der Waals surface area (Å²) in [7, 11) is 0. The first-order chi connectivity index (χ1) is 8.19. The zero-order valence-electron chi connectivity index (χ0n) is 9.35. The van der Waals surface area contributed by atoms with Gasteiger partial charge in [0.15, 0.2) is 0 Å². The van der Waals surface area contributed by atoms with Crippen LogP contribution in [0.2, 0.25) is 0 Å². The molecule has 3 N–H and O–H groups in total. The van der Waals surface area contributed by atoms with Gasteiger partial charge in [0, 0.05) is 22.4 Å². The summed E-state index contributed by atoms with van der Waals surface area (Å²) in [5.74, 6) is 0.752. The molecule has 0 aliphatic carbocycles. The van der Waals surface area contributed by atoms with Crippen molar-refractivity contribution in [3.63, 3.8) is 0 Å². The highest BCUT2D eigenvalue weighted by Crippen LogP contribution is 2.28. The lowest BCUT2D eigenvalue weighted by molar-refractivity contribution is 0.792. The summed E-state index contributed by atoms with van der Waals surface area (Å²) < 4.78 is 1.07. The molecular weight excluding hydrogens is 300 g/mol. The van der Waals surface area contributed by atoms with Crippen LogP contribution in [-0.2, 0) is 0 Å². The van der Waals surface area contributed by atoms with Crippen molar-refractivity contribution in [2.75, 3.05) is 11.9 Å². The molecule has 0 amide bonds. The Morgan fingerprint density at radius 2 is 2.29 bits per heavy atom. The van der Waals surface area contributed by atoms with E-state index in [1.54, 1.807) is 11.3 Å². The van der Waals surface area contributed by atoms with E-state index in [0.29, 0.717) is 6.54 Å². The van der Waals surface area contributed by atoms with E-state index in [4.69, 9.17) is 5.73 Å². The molecule has 4 nitrogen and oxygen atoms in total. The van der Waals surface area contributed by atoms with Crippen molar-refractivity contribution in [1.29, 1.82) is 0 Å². The van der Waals surface area contributed by atoms with Gasteiger partial charge in [0.2, 0.25) is 0 Å². The Morgan fingerprint density at radius 1 is 1.47 bits per heavy atom. The van der Waals surface area contributed by atoms with Gasteiger partial charge in [-0.15, -0.1) is 21.5 Å². The Hall–Kier alpha value is -0.980. The van der Waals surface area contributed by atoms with E-state index in [0.717, 1.165) is 20.9 Å². The van der Waals surface area contributed by atoms with E-state index in [1.807, 2.05) is 30.5 Å². The molecule has 0 saturated heterocycles. The van der Waals surface area contributed by atoms with E-state index in [2.05, 4.69) is 31.4 Å². The molecule has 1 unspecified atom stereocenters. The first-order valence-electron chi connectivity index (χ1n) is 5.24. The number of nitrogens with zero attached hydrogens (tertiary/aromatic N) is 2. The number of hydrogen-bond donors (Lipinski definition) is 2. The largest absolute Gasteiger partial charge is 0.365 e. The molecule has 2 aromatic heterocycles. The maximum absolute atomic E-state index is 5.53. The molecular formula is C11H13BrN4S. The number of halogens is 1. The monoisotopic (exact) mass is 312 g/mol. The van der Waals surface area contributed by atoms with Crippen LogP contribution < -0.4 is 11.1 Å². The molecule has 0 saturated carbocycles. The Bertz CT molecular complexity index is 482. The summed E-state index contributed by atoms with van der Waals surface area (Å²) in [5.41, 5.74) is 6.41. The highest BCUT2D eigenvalue weighted by Gasteiger charge is 2.05. The Kier molecular flexibility index (Phi) is 4.09. The van der Waals surface area contributed by atoms with Crippen molar-refractivity contribution in [2.24, 2.45) is 5.73 Å². The molecule has 90 valence electrons. The summed E-state index contributed by atoms with van der Waals surface area (Å²) in [5, 5.41) is 13.5. The van der Waals surface area contributed by atoms with Gasteiger partial charge in [-0.05, 0) is 41.1 Å². The Morgan fingerprint density at radius 3 is 2.82 bits per heavy atom. The van der Waals surface area contributed by atoms with Crippen LogP contribution in [0.3, 0.4) is 0 Å². The minimum absolute atomic E-state index is 0.200. The molecule has 0 spiro atoms. The summed E-state index contributed by atoms with van der Waals surface area (Å²) in [6, 6.07) is 6.11. The van der Waals surface area contributed by atoms with Crippen molar-refractivity contribution < 1.29 is 0 Å². The van der Waals surface area contributed by atoms with E-state index >= 15 is 0 Å². The number of rotatable bonds is 4. The lowest BCUT2D eigenvalue weighted by Crippen LogP contribution is -2.25. The van der Waals surface area contributed by atoms with E-state index in [9.17, 15) is 0 Å². The van der Waals surface area contributed by atoms with Crippen LogP contribution in [0.4, 0.5) is 5.82 Å². The highest BCUT2D eigenvalue weighted by atomic mass is 79.9. The van der Waals surface area contributed by atoms with Crippen LogP contribution in [0.25, 0.3) is 10.6 Å². The fourth-order valence-corrected chi connectivity index (χ4v) is 2.69. The summed E-state index contributed by atoms with van der Waals surface area (Å²) in [6.07, 6.45) is 0. The molecule has 0 fully saturated rings. The minimum Gasteiger partial charge on any atom is -0.365 e. The minimum atomic E-state index is 0.200. The van der Waals surface area contributed by atoms with Crippen molar-refractivity contribution in [3.05, 3.63) is 28.1 Å². The van der Waals surface area contributed by atoms with Gasteiger partial charge in [0.05, 0.1) is 4.88 Å². The third-order valence-corrected chi connectivity index (χ3v) is 3.95. The molecule has 0 radical (unpaired) electrons. The van der Waals surface area contributed by atoms with Gasteiger partial charge in [-0.3, -0.25) is 0 Å². The average Bonchev–Trinajstić information content (AvgIpc) is 2.77. The fraction of sp³-hybridized carbons (Fsp3) is 0.273. The molecule has 0 aromatic carbocycles. The quantitative estimate of drug-likeness (QED) is 0.911. The van der Waals surface area contributed by atoms with E-state index < -0.39 is 0 Å². The first-order valence-corrected chi connectivity index (χ1v) is 6.91. The highest BCUT2D eigenvalue weighted by molar-refractivity contribution is 9.10. The Balaban J connectivity index is 2.13. The zero-order valence-corrected chi connectivity index (χ0v) is 11.8. The van der Waals surface area contributed by atoms with Crippen LogP contribution >= 0.6 is 27.3 Å². The molecule has 2 rings (SSSR count).